The van der Waals surface area contributed by atoms with Gasteiger partial charge in [-0.1, -0.05) is 13.3 Å². The van der Waals surface area contributed by atoms with Gasteiger partial charge in [-0.2, -0.15) is 0 Å². The summed E-state index contributed by atoms with van der Waals surface area (Å²) in [6.07, 6.45) is 4.01. The van der Waals surface area contributed by atoms with Crippen LogP contribution in [0.3, 0.4) is 0 Å². The molecule has 2 N–H and O–H groups in total. The average molecular weight is 262 g/mol. The molecule has 1 amide bonds. The number of amides is 1. The maximum atomic E-state index is 12.3. The van der Waals surface area contributed by atoms with E-state index in [0.29, 0.717) is 11.4 Å². The molecule has 0 aromatic carbocycles. The Morgan fingerprint density at radius 2 is 2.05 bits per heavy atom. The van der Waals surface area contributed by atoms with Crippen LogP contribution in [0.25, 0.3) is 0 Å². The van der Waals surface area contributed by atoms with Crippen molar-refractivity contribution in [3.63, 3.8) is 0 Å². The van der Waals surface area contributed by atoms with Crippen molar-refractivity contribution in [2.24, 2.45) is 0 Å². The first-order valence-electron chi connectivity index (χ1n) is 6.94. The van der Waals surface area contributed by atoms with Gasteiger partial charge in [0.25, 0.3) is 5.91 Å². The van der Waals surface area contributed by atoms with Crippen LogP contribution in [-0.4, -0.2) is 53.4 Å². The predicted octanol–water partition coefficient (Wildman–Crippen LogP) is 1.22. The summed E-state index contributed by atoms with van der Waals surface area (Å²) in [5.74, 6) is 0.503. The van der Waals surface area contributed by atoms with Gasteiger partial charge in [0.15, 0.2) is 0 Å². The van der Waals surface area contributed by atoms with E-state index in [9.17, 15) is 4.79 Å². The maximum absolute atomic E-state index is 12.3. The summed E-state index contributed by atoms with van der Waals surface area (Å²) in [6.45, 7) is 6.87. The Morgan fingerprint density at radius 1 is 1.32 bits per heavy atom. The molecule has 0 saturated carbocycles. The Morgan fingerprint density at radius 3 is 2.63 bits per heavy atom. The predicted molar refractivity (Wildman–Crippen MR) is 75.9 cm³/mol. The van der Waals surface area contributed by atoms with E-state index in [1.54, 1.807) is 18.3 Å². The van der Waals surface area contributed by atoms with Gasteiger partial charge in [-0.3, -0.25) is 9.69 Å². The lowest BCUT2D eigenvalue weighted by molar-refractivity contribution is 0.0635. The number of piperazine rings is 1. The highest BCUT2D eigenvalue weighted by atomic mass is 16.2. The molecular formula is C14H22N4O. The highest BCUT2D eigenvalue weighted by molar-refractivity contribution is 5.94. The highest BCUT2D eigenvalue weighted by Crippen LogP contribution is 2.09. The van der Waals surface area contributed by atoms with Gasteiger partial charge >= 0.3 is 0 Å². The third-order valence-corrected chi connectivity index (χ3v) is 3.52. The minimum Gasteiger partial charge on any atom is -0.384 e. The van der Waals surface area contributed by atoms with E-state index in [1.807, 2.05) is 4.90 Å². The summed E-state index contributed by atoms with van der Waals surface area (Å²) in [6, 6.07) is 3.42. The summed E-state index contributed by atoms with van der Waals surface area (Å²) in [5, 5.41) is 0. The van der Waals surface area contributed by atoms with Gasteiger partial charge in [-0.15, -0.1) is 0 Å². The maximum Gasteiger partial charge on any atom is 0.255 e. The Bertz CT molecular complexity index is 410. The summed E-state index contributed by atoms with van der Waals surface area (Å²) >= 11 is 0. The number of aromatic nitrogens is 1. The first kappa shape index (κ1) is 13.8. The summed E-state index contributed by atoms with van der Waals surface area (Å²) in [4.78, 5) is 20.6. The van der Waals surface area contributed by atoms with E-state index < -0.39 is 0 Å². The molecule has 1 aliphatic rings. The summed E-state index contributed by atoms with van der Waals surface area (Å²) in [5.41, 5.74) is 6.15. The molecule has 0 unspecified atom stereocenters. The van der Waals surface area contributed by atoms with E-state index in [0.717, 1.165) is 32.7 Å². The van der Waals surface area contributed by atoms with Crippen LogP contribution in [0.4, 0.5) is 5.82 Å². The van der Waals surface area contributed by atoms with Crippen LogP contribution in [0.15, 0.2) is 18.3 Å². The van der Waals surface area contributed by atoms with E-state index in [-0.39, 0.29) is 5.91 Å². The zero-order valence-electron chi connectivity index (χ0n) is 11.5. The normalized spacial score (nSPS) is 16.6. The molecule has 1 aromatic rings. The molecule has 0 bridgehead atoms. The van der Waals surface area contributed by atoms with Crippen molar-refractivity contribution in [3.05, 3.63) is 23.9 Å². The monoisotopic (exact) mass is 262 g/mol. The molecule has 1 aliphatic heterocycles. The third-order valence-electron chi connectivity index (χ3n) is 3.52. The van der Waals surface area contributed by atoms with Crippen molar-refractivity contribution in [3.8, 4) is 0 Å². The molecule has 5 nitrogen and oxygen atoms in total. The van der Waals surface area contributed by atoms with Crippen molar-refractivity contribution in [2.75, 3.05) is 38.5 Å². The number of carbonyl (C=O) groups excluding carboxylic acids is 1. The first-order chi connectivity index (χ1) is 9.20. The average Bonchev–Trinajstić information content (AvgIpc) is 2.46. The third kappa shape index (κ3) is 3.67. The second kappa shape index (κ2) is 6.52. The standard InChI is InChI=1S/C14H22N4O/c1-2-3-6-17-7-9-18(10-8-17)14(19)12-4-5-13(15)16-11-12/h4-5,11H,2-3,6-10H2,1H3,(H2,15,16). The lowest BCUT2D eigenvalue weighted by atomic mass is 10.2. The molecule has 1 saturated heterocycles. The zero-order valence-corrected chi connectivity index (χ0v) is 11.5. The van der Waals surface area contributed by atoms with Gasteiger partial charge in [0, 0.05) is 32.4 Å². The van der Waals surface area contributed by atoms with E-state index >= 15 is 0 Å². The lowest BCUT2D eigenvalue weighted by Gasteiger charge is -2.34. The van der Waals surface area contributed by atoms with Gasteiger partial charge in [0.1, 0.15) is 5.82 Å². The summed E-state index contributed by atoms with van der Waals surface area (Å²) < 4.78 is 0. The second-order valence-corrected chi connectivity index (χ2v) is 4.96. The molecule has 1 fully saturated rings. The Balaban J connectivity index is 1.87. The van der Waals surface area contributed by atoms with E-state index in [4.69, 9.17) is 5.73 Å². The number of unbranched alkanes of at least 4 members (excludes halogenated alkanes) is 1. The van der Waals surface area contributed by atoms with E-state index in [1.165, 1.54) is 12.8 Å². The number of pyridine rings is 1. The molecule has 19 heavy (non-hydrogen) atoms. The quantitative estimate of drug-likeness (QED) is 0.886. The van der Waals surface area contributed by atoms with Crippen LogP contribution < -0.4 is 5.73 Å². The largest absolute Gasteiger partial charge is 0.384 e. The van der Waals surface area contributed by atoms with Crippen LogP contribution in [0.1, 0.15) is 30.1 Å². The number of nitrogens with zero attached hydrogens (tertiary/aromatic N) is 3. The molecule has 0 spiro atoms. The van der Waals surface area contributed by atoms with Crippen molar-refractivity contribution in [2.45, 2.75) is 19.8 Å². The van der Waals surface area contributed by atoms with Crippen molar-refractivity contribution in [1.29, 1.82) is 0 Å². The van der Waals surface area contributed by atoms with Crippen molar-refractivity contribution in [1.82, 2.24) is 14.8 Å². The van der Waals surface area contributed by atoms with Crippen molar-refractivity contribution >= 4 is 11.7 Å². The number of nitrogen functional groups attached to an aromatic ring is 1. The number of nitrogens with two attached hydrogens (primary N) is 1. The fourth-order valence-corrected chi connectivity index (χ4v) is 2.27. The fraction of sp³-hybridized carbons (Fsp3) is 0.571. The Kier molecular flexibility index (Phi) is 4.74. The highest BCUT2D eigenvalue weighted by Gasteiger charge is 2.21. The molecule has 0 aliphatic carbocycles. The first-order valence-corrected chi connectivity index (χ1v) is 6.94. The Labute approximate surface area is 114 Å². The van der Waals surface area contributed by atoms with Crippen LogP contribution >= 0.6 is 0 Å². The smallest absolute Gasteiger partial charge is 0.255 e. The van der Waals surface area contributed by atoms with E-state index in [2.05, 4.69) is 16.8 Å². The SMILES string of the molecule is CCCCN1CCN(C(=O)c2ccc(N)nc2)CC1. The Hall–Kier alpha value is -1.62. The number of hydrogen-bond donors (Lipinski definition) is 1. The van der Waals surface area contributed by atoms with Gasteiger partial charge in [-0.25, -0.2) is 4.98 Å². The molecule has 0 radical (unpaired) electrons. The molecular weight excluding hydrogens is 240 g/mol. The lowest BCUT2D eigenvalue weighted by Crippen LogP contribution is -2.48. The minimum absolute atomic E-state index is 0.0580. The number of anilines is 1. The molecule has 2 rings (SSSR count). The number of rotatable bonds is 4. The molecule has 0 atom stereocenters. The zero-order chi connectivity index (χ0) is 13.7. The molecule has 104 valence electrons. The van der Waals surface area contributed by atoms with Crippen LogP contribution in [0.5, 0.6) is 0 Å². The van der Waals surface area contributed by atoms with Crippen LogP contribution in [-0.2, 0) is 0 Å². The molecule has 5 heteroatoms. The van der Waals surface area contributed by atoms with Crippen LogP contribution in [0, 0.1) is 0 Å². The molecule has 2 heterocycles. The minimum atomic E-state index is 0.0580. The van der Waals surface area contributed by atoms with Crippen molar-refractivity contribution < 1.29 is 4.79 Å². The molecule has 1 aromatic heterocycles. The van der Waals surface area contributed by atoms with Gasteiger partial charge in [0.05, 0.1) is 5.56 Å². The number of hydrogen-bond acceptors (Lipinski definition) is 4. The van der Waals surface area contributed by atoms with Crippen LogP contribution in [0.2, 0.25) is 0 Å². The van der Waals surface area contributed by atoms with Gasteiger partial charge in [0.2, 0.25) is 0 Å². The number of carbonyl (C=O) groups is 1. The topological polar surface area (TPSA) is 62.5 Å². The second-order valence-electron chi connectivity index (χ2n) is 4.96. The van der Waals surface area contributed by atoms with Gasteiger partial charge < -0.3 is 10.6 Å². The summed E-state index contributed by atoms with van der Waals surface area (Å²) in [7, 11) is 0. The fourth-order valence-electron chi connectivity index (χ4n) is 2.27. The van der Waals surface area contributed by atoms with Gasteiger partial charge in [-0.05, 0) is 25.1 Å².